The molecule has 0 aromatic carbocycles. The van der Waals surface area contributed by atoms with Crippen LogP contribution >= 0.6 is 25.3 Å². The van der Waals surface area contributed by atoms with Crippen molar-refractivity contribution in [3.8, 4) is 0 Å². The Morgan fingerprint density at radius 2 is 0.643 bits per heavy atom. The Morgan fingerprint density at radius 3 is 1.00 bits per heavy atom. The van der Waals surface area contributed by atoms with Crippen molar-refractivity contribution in [1.29, 1.82) is 0 Å². The first kappa shape index (κ1) is 103. The van der Waals surface area contributed by atoms with E-state index in [2.05, 4.69) is 110 Å². The van der Waals surface area contributed by atoms with Crippen molar-refractivity contribution in [2.24, 2.45) is 46.8 Å². The summed E-state index contributed by atoms with van der Waals surface area (Å²) < 4.78 is 0. The maximum Gasteiger partial charge on any atom is 0.303 e. The first-order valence-corrected chi connectivity index (χ1v) is 39.1. The lowest BCUT2D eigenvalue weighted by atomic mass is 9.99. The molecule has 0 aromatic heterocycles. The van der Waals surface area contributed by atoms with Gasteiger partial charge in [-0.1, -0.05) is 69.2 Å². The van der Waals surface area contributed by atoms with Crippen molar-refractivity contribution in [1.82, 2.24) is 85.1 Å². The molecule has 18 amide bonds. The van der Waals surface area contributed by atoms with Crippen LogP contribution in [0.1, 0.15) is 153 Å². The Hall–Kier alpha value is -9.57. The van der Waals surface area contributed by atoms with E-state index in [1.807, 2.05) is 0 Å². The van der Waals surface area contributed by atoms with Crippen LogP contribution in [0.15, 0.2) is 0 Å². The zero-order valence-corrected chi connectivity index (χ0v) is 68.5. The predicted molar refractivity (Wildman–Crippen MR) is 417 cm³/mol. The largest absolute Gasteiger partial charge is 0.481 e. The molecule has 43 nitrogen and oxygen atoms in total. The van der Waals surface area contributed by atoms with Crippen LogP contribution in [0.25, 0.3) is 0 Å². The molecule has 1 rings (SSSR count). The van der Waals surface area contributed by atoms with Gasteiger partial charge in [-0.15, -0.1) is 0 Å². The summed E-state index contributed by atoms with van der Waals surface area (Å²) in [6.07, 6.45) is -5.70. The maximum atomic E-state index is 14.3. The number of carboxylic acid groups (broad SMARTS) is 1. The smallest absolute Gasteiger partial charge is 0.303 e. The molecule has 0 aliphatic carbocycles. The van der Waals surface area contributed by atoms with Crippen molar-refractivity contribution in [2.75, 3.05) is 44.4 Å². The Labute approximate surface area is 677 Å². The van der Waals surface area contributed by atoms with E-state index in [4.69, 9.17) is 17.2 Å². The van der Waals surface area contributed by atoms with Crippen LogP contribution in [0.4, 0.5) is 0 Å². The van der Waals surface area contributed by atoms with E-state index >= 15 is 0 Å². The molecule has 0 radical (unpaired) electrons. The molecule has 652 valence electrons. The fraction of sp³-hybridized carbons (Fsp3) is 0.729. The van der Waals surface area contributed by atoms with Gasteiger partial charge in [-0.2, -0.15) is 25.3 Å². The third-order valence-corrected chi connectivity index (χ3v) is 18.1. The van der Waals surface area contributed by atoms with Gasteiger partial charge in [-0.3, -0.25) is 91.1 Å². The zero-order chi connectivity index (χ0) is 87.8. The van der Waals surface area contributed by atoms with Crippen molar-refractivity contribution in [3.05, 3.63) is 0 Å². The first-order chi connectivity index (χ1) is 53.8. The van der Waals surface area contributed by atoms with Crippen molar-refractivity contribution < 1.29 is 117 Å². The summed E-state index contributed by atoms with van der Waals surface area (Å²) in [6, 6.07) is -26.0. The number of carboxylic acids is 1. The monoisotopic (exact) mass is 1680 g/mol. The molecular weight excluding hydrogens is 1560 g/mol. The van der Waals surface area contributed by atoms with Crippen LogP contribution in [-0.4, -0.2) is 279 Å². The quantitative estimate of drug-likeness (QED) is 0.0268. The van der Waals surface area contributed by atoms with E-state index in [1.54, 1.807) is 55.4 Å². The van der Waals surface area contributed by atoms with E-state index in [0.717, 1.165) is 6.92 Å². The topological polar surface area (TPSA) is 696 Å². The minimum Gasteiger partial charge on any atom is -0.481 e. The van der Waals surface area contributed by atoms with E-state index in [1.165, 1.54) is 13.8 Å². The summed E-state index contributed by atoms with van der Waals surface area (Å²) in [5.41, 5.74) is 16.6. The van der Waals surface area contributed by atoms with E-state index in [0.29, 0.717) is 6.42 Å². The highest BCUT2D eigenvalue weighted by Crippen LogP contribution is 2.15. The summed E-state index contributed by atoms with van der Waals surface area (Å²) in [5.74, 6) is -25.4. The third kappa shape index (κ3) is 38.6. The molecule has 115 heavy (non-hydrogen) atoms. The van der Waals surface area contributed by atoms with E-state index < -0.39 is 297 Å². The Morgan fingerprint density at radius 1 is 0.357 bits per heavy atom. The summed E-state index contributed by atoms with van der Waals surface area (Å²) >= 11 is 8.36. The lowest BCUT2D eigenvalue weighted by Crippen LogP contribution is -2.63. The second kappa shape index (κ2) is 52.8. The molecule has 45 heteroatoms. The number of carbonyl (C=O) groups excluding carboxylic acids is 18. The van der Waals surface area contributed by atoms with Gasteiger partial charge in [0.2, 0.25) is 106 Å². The Kier molecular flexibility index (Phi) is 47.5. The first-order valence-electron chi connectivity index (χ1n) is 37.8. The lowest BCUT2D eigenvalue weighted by molar-refractivity contribution is -0.139. The molecule has 0 aromatic rings. The number of aliphatic hydroxyl groups excluding tert-OH is 4. The molecule has 1 fully saturated rings. The number of thiol groups is 2. The van der Waals surface area contributed by atoms with Gasteiger partial charge in [0, 0.05) is 24.3 Å². The summed E-state index contributed by atoms with van der Waals surface area (Å²) in [5, 5.41) is 89.5. The number of carbonyl (C=O) groups is 19. The maximum absolute atomic E-state index is 14.3. The summed E-state index contributed by atoms with van der Waals surface area (Å²) in [6.45, 7) is 13.0. The van der Waals surface area contributed by atoms with Crippen LogP contribution < -0.4 is 102 Å². The number of nitrogens with two attached hydrogens (primary N) is 3. The number of hydrogen-bond donors (Lipinski definition) is 26. The van der Waals surface area contributed by atoms with Crippen LogP contribution in [0.3, 0.4) is 0 Å². The van der Waals surface area contributed by atoms with Crippen LogP contribution in [0, 0.1) is 29.6 Å². The number of aliphatic carboxylic acids is 1. The van der Waals surface area contributed by atoms with Gasteiger partial charge in [0.1, 0.15) is 90.6 Å². The SMILES string of the molecule is CC(C)C[C@@H]1NC(=O)[C@H](CCCCN)NC(=O)CNC(=O)[C@H](CC(C)C)NC(=O)[C@H](C(C)C)NC(=O)[C@H](CS)NC(=O)[C@H]([C@@H](C)O)NC(=O)[C@H](CO)NC(=O)[C@H](CC(C)C)NC(=O)[C@H](CC(N)=O)NC(=O)[C@H](CO)NC(=O)[C@H](CS)NC(=O)[C@H](CC(C)C)NC(=O)[C@H](CCC(=O)O)NC(=O)[C@H](CCC(N)=O)NC(=O)[C@H](CO)NC1=O. The molecule has 0 bridgehead atoms. The number of amides is 18. The Bertz CT molecular complexity index is 3350. The molecule has 1 aliphatic heterocycles. The van der Waals surface area contributed by atoms with Crippen LogP contribution in [0.2, 0.25) is 0 Å². The van der Waals surface area contributed by atoms with E-state index in [-0.39, 0.29) is 56.9 Å². The Balaban J connectivity index is 4.20. The summed E-state index contributed by atoms with van der Waals surface area (Å²) in [4.78, 5) is 261. The number of nitrogens with one attached hydrogen (secondary N) is 16. The number of hydrogen-bond acceptors (Lipinski definition) is 26. The molecule has 16 atom stereocenters. The number of unbranched alkanes of at least 4 members (excludes halogenated alkanes) is 1. The fourth-order valence-electron chi connectivity index (χ4n) is 11.3. The number of aliphatic hydroxyl groups is 4. The molecule has 1 saturated heterocycles. The minimum atomic E-state index is -2.01. The molecule has 0 unspecified atom stereocenters. The number of primary amides is 2. The molecule has 0 spiro atoms. The van der Waals surface area contributed by atoms with Crippen LogP contribution in [0.5, 0.6) is 0 Å². The van der Waals surface area contributed by atoms with Gasteiger partial charge < -0.3 is 128 Å². The second-order valence-electron chi connectivity index (χ2n) is 29.9. The van der Waals surface area contributed by atoms with E-state index in [9.17, 15) is 117 Å². The average molecular weight is 1680 g/mol. The van der Waals surface area contributed by atoms with Crippen molar-refractivity contribution in [3.63, 3.8) is 0 Å². The van der Waals surface area contributed by atoms with Gasteiger partial charge in [-0.25, -0.2) is 0 Å². The fourth-order valence-corrected chi connectivity index (χ4v) is 11.8. The highest BCUT2D eigenvalue weighted by molar-refractivity contribution is 7.80. The normalized spacial score (nSPS) is 26.4. The lowest BCUT2D eigenvalue weighted by Gasteiger charge is -2.29. The highest BCUT2D eigenvalue weighted by Gasteiger charge is 2.40. The van der Waals surface area contributed by atoms with Gasteiger partial charge in [-0.05, 0) is 101 Å². The third-order valence-electron chi connectivity index (χ3n) is 17.4. The molecule has 1 heterocycles. The standard InChI is InChI=1S/C70H121N19O24S2/c1-31(2)20-40-56(99)74-25-52(96)75-37(14-12-13-19-71)57(100)78-41(21-32(3)4)60(103)83-45(26-90)64(107)77-38(15-17-50(72)94)58(101)76-39(16-18-53(97)98)59(102)79-43(23-34(7)8)62(105)86-48(29-114)67(110)85-46(27-91)65(108)81-44(24-51(73)95)63(106)80-42(22-33(5)6)61(104)84-47(28-92)66(109)89-55(36(11)93)70(113)87-49(30-115)68(111)88-54(35(9)10)69(112)82-40/h31-49,54-55,90-93,114-115H,12-30,71H2,1-11H3,(H2,72,94)(H2,73,95)(H,74,99)(H,75,96)(H,76,101)(H,77,107)(H,78,100)(H,79,102)(H,80,106)(H,81,108)(H,82,112)(H,83,103)(H,84,104)(H,85,110)(H,86,105)(H,87,113)(H,88,111)(H,89,109)(H,97,98)/t36-,37+,38+,39+,40+,41+,42+,43+,44+,45+,46+,47+,48+,49+,54+,55+/m1/s1. The minimum absolute atomic E-state index is 0.0450. The highest BCUT2D eigenvalue weighted by atomic mass is 32.1. The molecule has 1 aliphatic rings. The molecule has 0 saturated carbocycles. The summed E-state index contributed by atoms with van der Waals surface area (Å²) in [7, 11) is 0. The van der Waals surface area contributed by atoms with Gasteiger partial charge in [0.15, 0.2) is 0 Å². The van der Waals surface area contributed by atoms with Gasteiger partial charge in [0.25, 0.3) is 0 Å². The average Bonchev–Trinajstić information content (AvgIpc) is 0.842. The second-order valence-corrected chi connectivity index (χ2v) is 30.6. The molecular formula is C70H121N19O24S2. The predicted octanol–water partition coefficient (Wildman–Crippen LogP) is -9.42. The van der Waals surface area contributed by atoms with Crippen molar-refractivity contribution >= 4 is 138 Å². The van der Waals surface area contributed by atoms with Crippen molar-refractivity contribution in [2.45, 2.75) is 250 Å². The van der Waals surface area contributed by atoms with Crippen LogP contribution in [-0.2, 0) is 91.1 Å². The van der Waals surface area contributed by atoms with Gasteiger partial charge in [0.05, 0.1) is 38.9 Å². The molecule has 27 N–H and O–H groups in total. The van der Waals surface area contributed by atoms with Gasteiger partial charge >= 0.3 is 5.97 Å². The number of rotatable bonds is 27. The zero-order valence-electron chi connectivity index (χ0n) is 66.7.